The molecule has 0 saturated heterocycles. The van der Waals surface area contributed by atoms with Crippen molar-refractivity contribution >= 4 is 0 Å². The number of ether oxygens (including phenoxy) is 2. The smallest absolute Gasteiger partial charge is 0.231 e. The molecule has 0 radical (unpaired) electrons. The molecule has 144 valence electrons. The van der Waals surface area contributed by atoms with E-state index in [-0.39, 0.29) is 6.79 Å². The van der Waals surface area contributed by atoms with Crippen LogP contribution in [0.25, 0.3) is 11.3 Å². The summed E-state index contributed by atoms with van der Waals surface area (Å²) in [6.45, 7) is 3.01. The molecule has 0 bridgehead atoms. The van der Waals surface area contributed by atoms with Gasteiger partial charge >= 0.3 is 0 Å². The van der Waals surface area contributed by atoms with Gasteiger partial charge < -0.3 is 14.8 Å². The number of rotatable bonds is 5. The molecule has 2 N–H and O–H groups in total. The molecule has 28 heavy (non-hydrogen) atoms. The first-order chi connectivity index (χ1) is 13.8. The van der Waals surface area contributed by atoms with Gasteiger partial charge in [0, 0.05) is 36.8 Å². The van der Waals surface area contributed by atoms with Crippen LogP contribution < -0.4 is 14.8 Å². The van der Waals surface area contributed by atoms with Gasteiger partial charge in [-0.15, -0.1) is 0 Å². The van der Waals surface area contributed by atoms with Crippen LogP contribution in [-0.2, 0) is 19.5 Å². The molecule has 0 saturated carbocycles. The van der Waals surface area contributed by atoms with Gasteiger partial charge in [0.2, 0.25) is 6.79 Å². The summed E-state index contributed by atoms with van der Waals surface area (Å²) in [7, 11) is 2.21. The number of fused-ring (bicyclic) bond motifs is 2. The van der Waals surface area contributed by atoms with Crippen molar-refractivity contribution < 1.29 is 9.47 Å². The predicted molar refractivity (Wildman–Crippen MR) is 107 cm³/mol. The van der Waals surface area contributed by atoms with E-state index in [4.69, 9.17) is 9.47 Å². The lowest BCUT2D eigenvalue weighted by atomic mass is 9.94. The van der Waals surface area contributed by atoms with Crippen LogP contribution >= 0.6 is 0 Å². The van der Waals surface area contributed by atoms with Gasteiger partial charge in [-0.25, -0.2) is 0 Å². The fourth-order valence-corrected chi connectivity index (χ4v) is 4.07. The number of nitrogens with one attached hydrogen (secondary N) is 2. The Kier molecular flexibility index (Phi) is 4.50. The Hall–Kier alpha value is -2.83. The summed E-state index contributed by atoms with van der Waals surface area (Å²) in [6.07, 6.45) is 2.98. The van der Waals surface area contributed by atoms with Gasteiger partial charge in [0.05, 0.1) is 11.9 Å². The molecule has 0 unspecified atom stereocenters. The largest absolute Gasteiger partial charge is 0.454 e. The normalized spacial score (nSPS) is 18.2. The molecule has 0 aliphatic carbocycles. The summed E-state index contributed by atoms with van der Waals surface area (Å²) >= 11 is 0. The Balaban J connectivity index is 1.24. The predicted octanol–water partition coefficient (Wildman–Crippen LogP) is 2.95. The third-order valence-corrected chi connectivity index (χ3v) is 5.69. The maximum atomic E-state index is 5.50. The fourth-order valence-electron chi connectivity index (χ4n) is 4.07. The molecular weight excluding hydrogens is 352 g/mol. The molecule has 3 heterocycles. The van der Waals surface area contributed by atoms with E-state index < -0.39 is 0 Å². The Morgan fingerprint density at radius 2 is 2.00 bits per heavy atom. The monoisotopic (exact) mass is 376 g/mol. The van der Waals surface area contributed by atoms with Crippen LogP contribution in [0.15, 0.2) is 48.7 Å². The maximum absolute atomic E-state index is 5.50. The van der Waals surface area contributed by atoms with Crippen molar-refractivity contribution in [2.75, 3.05) is 20.4 Å². The fraction of sp³-hybridized carbons (Fsp3) is 0.318. The molecule has 3 aromatic rings. The van der Waals surface area contributed by atoms with Crippen molar-refractivity contribution in [2.45, 2.75) is 25.6 Å². The van der Waals surface area contributed by atoms with Crippen LogP contribution in [0.3, 0.4) is 0 Å². The minimum absolute atomic E-state index is 0.286. The highest BCUT2D eigenvalue weighted by Gasteiger charge is 2.23. The highest BCUT2D eigenvalue weighted by Crippen LogP contribution is 2.36. The van der Waals surface area contributed by atoms with Crippen molar-refractivity contribution in [1.82, 2.24) is 20.4 Å². The van der Waals surface area contributed by atoms with Gasteiger partial charge in [-0.1, -0.05) is 24.3 Å². The Morgan fingerprint density at radius 1 is 1.14 bits per heavy atom. The Morgan fingerprint density at radius 3 is 2.93 bits per heavy atom. The van der Waals surface area contributed by atoms with Crippen LogP contribution in [0.1, 0.15) is 16.7 Å². The second-order valence-electron chi connectivity index (χ2n) is 7.51. The van der Waals surface area contributed by atoms with Crippen molar-refractivity contribution in [3.63, 3.8) is 0 Å². The van der Waals surface area contributed by atoms with Gasteiger partial charge in [-0.05, 0) is 42.8 Å². The van der Waals surface area contributed by atoms with E-state index in [1.165, 1.54) is 11.1 Å². The molecule has 6 nitrogen and oxygen atoms in total. The number of nitrogens with zero attached hydrogens (tertiary/aromatic N) is 2. The SMILES string of the molecule is CN1Cc2ccccc2C[C@@H]1CNCc1cn[nH]c1-c1ccc2c(c1)OCO2. The molecular formula is C22H24N4O2. The van der Waals surface area contributed by atoms with Crippen LogP contribution in [0.2, 0.25) is 0 Å². The van der Waals surface area contributed by atoms with Gasteiger partial charge in [0.25, 0.3) is 0 Å². The summed E-state index contributed by atoms with van der Waals surface area (Å²) in [5.41, 5.74) is 6.14. The van der Waals surface area contributed by atoms with Crippen LogP contribution in [0.4, 0.5) is 0 Å². The van der Waals surface area contributed by atoms with Crippen LogP contribution in [0.5, 0.6) is 11.5 Å². The maximum Gasteiger partial charge on any atom is 0.231 e. The second-order valence-corrected chi connectivity index (χ2v) is 7.51. The topological polar surface area (TPSA) is 62.4 Å². The number of H-pyrrole nitrogens is 1. The lowest BCUT2D eigenvalue weighted by Crippen LogP contribution is -2.44. The van der Waals surface area contributed by atoms with Crippen molar-refractivity contribution in [3.8, 4) is 22.8 Å². The van der Waals surface area contributed by atoms with E-state index in [0.717, 1.165) is 54.4 Å². The van der Waals surface area contributed by atoms with Gasteiger partial charge in [0.1, 0.15) is 0 Å². The minimum Gasteiger partial charge on any atom is -0.454 e. The number of aromatic nitrogens is 2. The molecule has 0 spiro atoms. The summed E-state index contributed by atoms with van der Waals surface area (Å²) in [6, 6.07) is 15.2. The first kappa shape index (κ1) is 17.3. The number of aromatic amines is 1. The second kappa shape index (κ2) is 7.30. The quantitative estimate of drug-likeness (QED) is 0.717. The average molecular weight is 376 g/mol. The number of likely N-dealkylation sites (N-methyl/N-ethyl adjacent to an activating group) is 1. The van der Waals surface area contributed by atoms with Gasteiger partial charge in [-0.3, -0.25) is 10.00 Å². The lowest BCUT2D eigenvalue weighted by molar-refractivity contribution is 0.174. The molecule has 6 heteroatoms. The van der Waals surface area contributed by atoms with E-state index in [2.05, 4.69) is 51.7 Å². The third-order valence-electron chi connectivity index (χ3n) is 5.69. The summed E-state index contributed by atoms with van der Waals surface area (Å²) in [4.78, 5) is 2.43. The molecule has 5 rings (SSSR count). The first-order valence-electron chi connectivity index (χ1n) is 9.68. The molecule has 0 amide bonds. The Bertz CT molecular complexity index is 984. The highest BCUT2D eigenvalue weighted by atomic mass is 16.7. The van der Waals surface area contributed by atoms with Gasteiger partial charge in [-0.2, -0.15) is 5.10 Å². The van der Waals surface area contributed by atoms with Crippen molar-refractivity contribution in [1.29, 1.82) is 0 Å². The van der Waals surface area contributed by atoms with E-state index in [1.807, 2.05) is 24.4 Å². The zero-order chi connectivity index (χ0) is 18.9. The average Bonchev–Trinajstić information content (AvgIpc) is 3.37. The summed E-state index contributed by atoms with van der Waals surface area (Å²) in [5.74, 6) is 1.58. The lowest BCUT2D eigenvalue weighted by Gasteiger charge is -2.34. The Labute approximate surface area is 164 Å². The molecule has 2 aromatic carbocycles. The molecule has 2 aliphatic heterocycles. The van der Waals surface area contributed by atoms with Crippen LogP contribution in [-0.4, -0.2) is 41.5 Å². The summed E-state index contributed by atoms with van der Waals surface area (Å²) < 4.78 is 10.9. The van der Waals surface area contributed by atoms with Crippen molar-refractivity contribution in [2.24, 2.45) is 0 Å². The zero-order valence-corrected chi connectivity index (χ0v) is 15.9. The minimum atomic E-state index is 0.286. The molecule has 0 fully saturated rings. The standard InChI is InChI=1S/C22H24N4O2/c1-26-13-17-5-3-2-4-15(17)8-19(26)12-23-10-18-11-24-25-22(18)16-6-7-20-21(9-16)28-14-27-20/h2-7,9,11,19,23H,8,10,12-14H2,1H3,(H,24,25)/t19-/m1/s1. The van der Waals surface area contributed by atoms with E-state index in [1.54, 1.807) is 0 Å². The highest BCUT2D eigenvalue weighted by molar-refractivity contribution is 5.66. The van der Waals surface area contributed by atoms with E-state index in [0.29, 0.717) is 6.04 Å². The first-order valence-corrected chi connectivity index (χ1v) is 9.68. The molecule has 1 atom stereocenters. The van der Waals surface area contributed by atoms with E-state index in [9.17, 15) is 0 Å². The van der Waals surface area contributed by atoms with Crippen molar-refractivity contribution in [3.05, 3.63) is 65.4 Å². The van der Waals surface area contributed by atoms with Crippen LogP contribution in [0, 0.1) is 0 Å². The number of hydrogen-bond donors (Lipinski definition) is 2. The molecule has 2 aliphatic rings. The third kappa shape index (κ3) is 3.25. The van der Waals surface area contributed by atoms with E-state index >= 15 is 0 Å². The zero-order valence-electron chi connectivity index (χ0n) is 15.9. The summed E-state index contributed by atoms with van der Waals surface area (Å²) in [5, 5.41) is 11.0. The number of benzene rings is 2. The number of hydrogen-bond acceptors (Lipinski definition) is 5. The van der Waals surface area contributed by atoms with Gasteiger partial charge in [0.15, 0.2) is 11.5 Å². The molecule has 1 aromatic heterocycles.